The van der Waals surface area contributed by atoms with Crippen molar-refractivity contribution in [3.63, 3.8) is 0 Å². The lowest BCUT2D eigenvalue weighted by atomic mass is 9.98. The predicted octanol–water partition coefficient (Wildman–Crippen LogP) is 2.89. The average Bonchev–Trinajstić information content (AvgIpc) is 2.20. The number of carbonyl (C=O) groups is 1. The molecule has 0 unspecified atom stereocenters. The number of aryl methyl sites for hydroxylation is 1. The molecule has 0 aliphatic rings. The van der Waals surface area contributed by atoms with Crippen molar-refractivity contribution in [3.8, 4) is 0 Å². The number of nitrogens with one attached hydrogen (secondary N) is 1. The van der Waals surface area contributed by atoms with Gasteiger partial charge in [0, 0.05) is 11.2 Å². The summed E-state index contributed by atoms with van der Waals surface area (Å²) in [6, 6.07) is 5.51. The first-order chi connectivity index (χ1) is 7.85. The van der Waals surface area contributed by atoms with Gasteiger partial charge in [0.05, 0.1) is 5.56 Å². The largest absolute Gasteiger partial charge is 0.398 e. The predicted molar refractivity (Wildman–Crippen MR) is 72.0 cm³/mol. The van der Waals surface area contributed by atoms with Gasteiger partial charge in [0.15, 0.2) is 0 Å². The van der Waals surface area contributed by atoms with Crippen LogP contribution in [0.5, 0.6) is 0 Å². The lowest BCUT2D eigenvalue weighted by molar-refractivity contribution is 0.0910. The quantitative estimate of drug-likeness (QED) is 0.787. The number of nitrogen functional groups attached to an aromatic ring is 1. The number of carbonyl (C=O) groups excluding carboxylic acids is 1. The van der Waals surface area contributed by atoms with Crippen LogP contribution in [0.2, 0.25) is 0 Å². The molecular weight excluding hydrogens is 212 g/mol. The maximum atomic E-state index is 12.1. The molecule has 3 N–H and O–H groups in total. The molecule has 0 aromatic heterocycles. The molecule has 1 aromatic rings. The lowest BCUT2D eigenvalue weighted by Gasteiger charge is -2.26. The number of nitrogens with two attached hydrogens (primary N) is 1. The first-order valence-corrected chi connectivity index (χ1v) is 6.04. The van der Waals surface area contributed by atoms with Gasteiger partial charge in [-0.15, -0.1) is 0 Å². The highest BCUT2D eigenvalue weighted by atomic mass is 16.1. The van der Waals surface area contributed by atoms with E-state index in [9.17, 15) is 4.79 Å². The zero-order valence-corrected chi connectivity index (χ0v) is 11.1. The molecule has 0 spiro atoms. The second-order valence-corrected chi connectivity index (χ2v) is 5.18. The van der Waals surface area contributed by atoms with Crippen molar-refractivity contribution in [2.24, 2.45) is 0 Å². The van der Waals surface area contributed by atoms with Crippen molar-refractivity contribution in [1.82, 2.24) is 5.32 Å². The molecule has 0 saturated carbocycles. The zero-order valence-electron chi connectivity index (χ0n) is 11.1. The number of hydrogen-bond donors (Lipinski definition) is 2. The number of rotatable bonds is 4. The molecule has 1 aromatic carbocycles. The Balaban J connectivity index is 2.86. The van der Waals surface area contributed by atoms with Gasteiger partial charge in [-0.25, -0.2) is 0 Å². The summed E-state index contributed by atoms with van der Waals surface area (Å²) < 4.78 is 0. The Morgan fingerprint density at radius 1 is 1.41 bits per heavy atom. The molecule has 1 amide bonds. The third kappa shape index (κ3) is 3.77. The standard InChI is InChI=1S/C14H22N2O/c1-5-8-14(3,4)16-13(17)11-9-10(2)6-7-12(11)15/h6-7,9H,5,8,15H2,1-4H3,(H,16,17). The number of benzene rings is 1. The molecule has 0 aliphatic heterocycles. The third-order valence-corrected chi connectivity index (χ3v) is 2.78. The molecule has 3 heteroatoms. The van der Waals surface area contributed by atoms with E-state index in [2.05, 4.69) is 12.2 Å². The van der Waals surface area contributed by atoms with E-state index in [1.165, 1.54) is 0 Å². The van der Waals surface area contributed by atoms with Gasteiger partial charge in [-0.1, -0.05) is 25.0 Å². The molecule has 0 saturated heterocycles. The third-order valence-electron chi connectivity index (χ3n) is 2.78. The van der Waals surface area contributed by atoms with Gasteiger partial charge < -0.3 is 11.1 Å². The van der Waals surface area contributed by atoms with Gasteiger partial charge in [0.25, 0.3) is 5.91 Å². The molecule has 0 atom stereocenters. The summed E-state index contributed by atoms with van der Waals surface area (Å²) in [5.41, 5.74) is 7.76. The molecule has 3 nitrogen and oxygen atoms in total. The van der Waals surface area contributed by atoms with Gasteiger partial charge in [-0.05, 0) is 39.3 Å². The van der Waals surface area contributed by atoms with Crippen LogP contribution in [-0.2, 0) is 0 Å². The Kier molecular flexibility index (Phi) is 4.16. The van der Waals surface area contributed by atoms with Crippen LogP contribution >= 0.6 is 0 Å². The van der Waals surface area contributed by atoms with E-state index in [1.807, 2.05) is 32.9 Å². The minimum absolute atomic E-state index is 0.0929. The van der Waals surface area contributed by atoms with Crippen LogP contribution in [0.25, 0.3) is 0 Å². The van der Waals surface area contributed by atoms with E-state index < -0.39 is 0 Å². The Bertz CT molecular complexity index is 411. The van der Waals surface area contributed by atoms with Gasteiger partial charge in [-0.2, -0.15) is 0 Å². The van der Waals surface area contributed by atoms with Crippen LogP contribution < -0.4 is 11.1 Å². The van der Waals surface area contributed by atoms with Crippen molar-refractivity contribution < 1.29 is 4.79 Å². The van der Waals surface area contributed by atoms with E-state index in [4.69, 9.17) is 5.73 Å². The minimum Gasteiger partial charge on any atom is -0.398 e. The molecule has 0 fully saturated rings. The van der Waals surface area contributed by atoms with Crippen LogP contribution in [0, 0.1) is 6.92 Å². The van der Waals surface area contributed by atoms with Crippen LogP contribution in [-0.4, -0.2) is 11.4 Å². The van der Waals surface area contributed by atoms with Crippen LogP contribution in [0.4, 0.5) is 5.69 Å². The van der Waals surface area contributed by atoms with Gasteiger partial charge in [-0.3, -0.25) is 4.79 Å². The van der Waals surface area contributed by atoms with E-state index in [0.29, 0.717) is 11.3 Å². The number of amides is 1. The summed E-state index contributed by atoms with van der Waals surface area (Å²) in [6.07, 6.45) is 1.99. The van der Waals surface area contributed by atoms with Crippen molar-refractivity contribution in [2.75, 3.05) is 5.73 Å². The SMILES string of the molecule is CCCC(C)(C)NC(=O)c1cc(C)ccc1N. The fourth-order valence-corrected chi connectivity index (χ4v) is 1.93. The summed E-state index contributed by atoms with van der Waals surface area (Å²) in [5, 5.41) is 3.02. The summed E-state index contributed by atoms with van der Waals surface area (Å²) in [7, 11) is 0. The average molecular weight is 234 g/mol. The molecule has 0 heterocycles. The van der Waals surface area contributed by atoms with Crippen molar-refractivity contribution in [1.29, 1.82) is 0 Å². The van der Waals surface area contributed by atoms with E-state index in [0.717, 1.165) is 18.4 Å². The van der Waals surface area contributed by atoms with Gasteiger partial charge in [0.2, 0.25) is 0 Å². The highest BCUT2D eigenvalue weighted by Gasteiger charge is 2.21. The normalized spacial score (nSPS) is 11.3. The van der Waals surface area contributed by atoms with E-state index >= 15 is 0 Å². The molecule has 0 aliphatic carbocycles. The van der Waals surface area contributed by atoms with Gasteiger partial charge >= 0.3 is 0 Å². The summed E-state index contributed by atoms with van der Waals surface area (Å²) in [4.78, 5) is 12.1. The maximum Gasteiger partial charge on any atom is 0.253 e. The highest BCUT2D eigenvalue weighted by Crippen LogP contribution is 2.17. The van der Waals surface area contributed by atoms with Crippen LogP contribution in [0.3, 0.4) is 0 Å². The topological polar surface area (TPSA) is 55.1 Å². The molecule has 17 heavy (non-hydrogen) atoms. The monoisotopic (exact) mass is 234 g/mol. The summed E-state index contributed by atoms with van der Waals surface area (Å²) in [5.74, 6) is -0.0929. The Labute approximate surface area is 103 Å². The zero-order chi connectivity index (χ0) is 13.1. The second-order valence-electron chi connectivity index (χ2n) is 5.18. The first kappa shape index (κ1) is 13.6. The van der Waals surface area contributed by atoms with Crippen LogP contribution in [0.15, 0.2) is 18.2 Å². The molecule has 1 rings (SSSR count). The highest BCUT2D eigenvalue weighted by molar-refractivity contribution is 5.99. The van der Waals surface area contributed by atoms with Gasteiger partial charge in [0.1, 0.15) is 0 Å². The minimum atomic E-state index is -0.192. The van der Waals surface area contributed by atoms with E-state index in [1.54, 1.807) is 6.07 Å². The van der Waals surface area contributed by atoms with Crippen molar-refractivity contribution in [2.45, 2.75) is 46.1 Å². The number of anilines is 1. The first-order valence-electron chi connectivity index (χ1n) is 6.04. The smallest absolute Gasteiger partial charge is 0.253 e. The Hall–Kier alpha value is -1.51. The summed E-state index contributed by atoms with van der Waals surface area (Å²) >= 11 is 0. The fraction of sp³-hybridized carbons (Fsp3) is 0.500. The van der Waals surface area contributed by atoms with Crippen molar-refractivity contribution >= 4 is 11.6 Å². The molecule has 0 radical (unpaired) electrons. The number of hydrogen-bond acceptors (Lipinski definition) is 2. The molecular formula is C14H22N2O. The second kappa shape index (κ2) is 5.21. The van der Waals surface area contributed by atoms with Crippen molar-refractivity contribution in [3.05, 3.63) is 29.3 Å². The Morgan fingerprint density at radius 2 is 2.06 bits per heavy atom. The van der Waals surface area contributed by atoms with E-state index in [-0.39, 0.29) is 11.4 Å². The van der Waals surface area contributed by atoms with Crippen LogP contribution in [0.1, 0.15) is 49.5 Å². The Morgan fingerprint density at radius 3 is 2.65 bits per heavy atom. The fourth-order valence-electron chi connectivity index (χ4n) is 1.93. The summed E-state index contributed by atoms with van der Waals surface area (Å²) in [6.45, 7) is 8.11. The lowest BCUT2D eigenvalue weighted by Crippen LogP contribution is -2.43. The maximum absolute atomic E-state index is 12.1. The molecule has 94 valence electrons. The molecule has 0 bridgehead atoms.